The molecule has 0 amide bonds. The fourth-order valence-corrected chi connectivity index (χ4v) is 1.85. The smallest absolute Gasteiger partial charge is 0.167 e. The third-order valence-electron chi connectivity index (χ3n) is 2.96. The molecule has 1 heterocycles. The number of hydrogen-bond acceptors (Lipinski definition) is 4. The molecule has 0 fully saturated rings. The van der Waals surface area contributed by atoms with Crippen LogP contribution < -0.4 is 10.2 Å². The summed E-state index contributed by atoms with van der Waals surface area (Å²) in [6.07, 6.45) is 1.12. The van der Waals surface area contributed by atoms with E-state index in [1.54, 1.807) is 0 Å². The molecule has 2 aromatic rings. The van der Waals surface area contributed by atoms with Crippen molar-refractivity contribution in [3.05, 3.63) is 36.0 Å². The lowest BCUT2D eigenvalue weighted by Crippen LogP contribution is -2.13. The highest BCUT2D eigenvalue weighted by Crippen LogP contribution is 2.23. The van der Waals surface area contributed by atoms with E-state index in [-0.39, 0.29) is 0 Å². The van der Waals surface area contributed by atoms with Crippen LogP contribution in [0.3, 0.4) is 0 Å². The summed E-state index contributed by atoms with van der Waals surface area (Å²) in [4.78, 5) is 2.07. The van der Waals surface area contributed by atoms with Gasteiger partial charge < -0.3 is 14.7 Å². The molecule has 0 aliphatic carbocycles. The fourth-order valence-electron chi connectivity index (χ4n) is 1.85. The van der Waals surface area contributed by atoms with E-state index in [1.807, 2.05) is 20.2 Å². The van der Waals surface area contributed by atoms with Crippen LogP contribution in [0, 0.1) is 0 Å². The lowest BCUT2D eigenvalue weighted by atomic mass is 10.1. The summed E-state index contributed by atoms with van der Waals surface area (Å²) < 4.78 is 5.38. The Labute approximate surface area is 114 Å². The zero-order valence-corrected chi connectivity index (χ0v) is 11.8. The predicted molar refractivity (Wildman–Crippen MR) is 78.3 cm³/mol. The van der Waals surface area contributed by atoms with Gasteiger partial charge in [0.25, 0.3) is 0 Å². The molecule has 0 spiro atoms. The molecule has 2 rings (SSSR count). The first-order valence-corrected chi connectivity index (χ1v) is 6.64. The Bertz CT molecular complexity index is 502. The van der Waals surface area contributed by atoms with Gasteiger partial charge in [0, 0.05) is 38.0 Å². The van der Waals surface area contributed by atoms with E-state index in [4.69, 9.17) is 4.52 Å². The third-order valence-corrected chi connectivity index (χ3v) is 2.96. The molecule has 0 saturated heterocycles. The Hall–Kier alpha value is -1.81. The molecule has 0 atom stereocenters. The Kier molecular flexibility index (Phi) is 4.58. The van der Waals surface area contributed by atoms with Gasteiger partial charge in [-0.3, -0.25) is 0 Å². The monoisotopic (exact) mass is 259 g/mol. The van der Waals surface area contributed by atoms with Gasteiger partial charge in [-0.05, 0) is 37.2 Å². The molecule has 1 aromatic heterocycles. The summed E-state index contributed by atoms with van der Waals surface area (Å²) in [6, 6.07) is 10.3. The van der Waals surface area contributed by atoms with Crippen LogP contribution in [-0.2, 0) is 6.54 Å². The van der Waals surface area contributed by atoms with Crippen molar-refractivity contribution < 1.29 is 4.52 Å². The van der Waals surface area contributed by atoms with Gasteiger partial charge in [-0.2, -0.15) is 0 Å². The van der Waals surface area contributed by atoms with E-state index in [2.05, 4.69) is 46.6 Å². The highest BCUT2D eigenvalue weighted by molar-refractivity contribution is 5.61. The topological polar surface area (TPSA) is 41.3 Å². The summed E-state index contributed by atoms with van der Waals surface area (Å²) in [5.41, 5.74) is 3.17. The standard InChI is InChI=1S/C15H21N3O/c1-4-9-16-11-13-10-15(19-17-13)12-5-7-14(8-6-12)18(2)3/h5-8,10,16H,4,9,11H2,1-3H3. The maximum Gasteiger partial charge on any atom is 0.167 e. The minimum Gasteiger partial charge on any atom is -0.378 e. The lowest BCUT2D eigenvalue weighted by molar-refractivity contribution is 0.420. The van der Waals surface area contributed by atoms with Gasteiger partial charge in [0.1, 0.15) is 0 Å². The van der Waals surface area contributed by atoms with Crippen molar-refractivity contribution in [1.82, 2.24) is 10.5 Å². The first-order chi connectivity index (χ1) is 9.20. The van der Waals surface area contributed by atoms with Crippen LogP contribution in [0.15, 0.2) is 34.9 Å². The summed E-state index contributed by atoms with van der Waals surface area (Å²) in [5, 5.41) is 7.39. The summed E-state index contributed by atoms with van der Waals surface area (Å²) >= 11 is 0. The molecule has 19 heavy (non-hydrogen) atoms. The first-order valence-electron chi connectivity index (χ1n) is 6.64. The largest absolute Gasteiger partial charge is 0.378 e. The van der Waals surface area contributed by atoms with Gasteiger partial charge >= 0.3 is 0 Å². The Morgan fingerprint density at radius 3 is 2.58 bits per heavy atom. The van der Waals surface area contributed by atoms with Crippen molar-refractivity contribution in [3.63, 3.8) is 0 Å². The number of nitrogens with one attached hydrogen (secondary N) is 1. The highest BCUT2D eigenvalue weighted by atomic mass is 16.5. The Morgan fingerprint density at radius 2 is 1.95 bits per heavy atom. The highest BCUT2D eigenvalue weighted by Gasteiger charge is 2.06. The van der Waals surface area contributed by atoms with Gasteiger partial charge in [-0.15, -0.1) is 0 Å². The van der Waals surface area contributed by atoms with Crippen molar-refractivity contribution in [2.45, 2.75) is 19.9 Å². The molecular formula is C15H21N3O. The molecule has 0 bridgehead atoms. The number of rotatable bonds is 6. The van der Waals surface area contributed by atoms with Gasteiger partial charge in [0.05, 0.1) is 5.69 Å². The van der Waals surface area contributed by atoms with Crippen LogP contribution in [0.4, 0.5) is 5.69 Å². The predicted octanol–water partition coefficient (Wildman–Crippen LogP) is 2.91. The van der Waals surface area contributed by atoms with Gasteiger partial charge in [0.15, 0.2) is 5.76 Å². The summed E-state index contributed by atoms with van der Waals surface area (Å²) in [6.45, 7) is 3.90. The molecule has 0 radical (unpaired) electrons. The normalized spacial score (nSPS) is 10.7. The molecule has 1 aromatic carbocycles. The second-order valence-corrected chi connectivity index (χ2v) is 4.80. The number of nitrogens with zero attached hydrogens (tertiary/aromatic N) is 2. The molecule has 0 aliphatic heterocycles. The molecule has 102 valence electrons. The first kappa shape index (κ1) is 13.6. The zero-order chi connectivity index (χ0) is 13.7. The Morgan fingerprint density at radius 1 is 1.21 bits per heavy atom. The summed E-state index contributed by atoms with van der Waals surface area (Å²) in [7, 11) is 4.06. The maximum atomic E-state index is 5.38. The minimum absolute atomic E-state index is 0.757. The van der Waals surface area contributed by atoms with Crippen LogP contribution in [0.1, 0.15) is 19.0 Å². The fraction of sp³-hybridized carbons (Fsp3) is 0.400. The quantitative estimate of drug-likeness (QED) is 0.810. The number of hydrogen-bond donors (Lipinski definition) is 1. The molecule has 4 nitrogen and oxygen atoms in total. The molecule has 0 saturated carbocycles. The second-order valence-electron chi connectivity index (χ2n) is 4.80. The molecule has 0 unspecified atom stereocenters. The maximum absolute atomic E-state index is 5.38. The number of aromatic nitrogens is 1. The van der Waals surface area contributed by atoms with E-state index in [0.717, 1.165) is 36.5 Å². The van der Waals surface area contributed by atoms with Crippen molar-refractivity contribution >= 4 is 5.69 Å². The van der Waals surface area contributed by atoms with E-state index >= 15 is 0 Å². The van der Waals surface area contributed by atoms with Crippen LogP contribution in [0.25, 0.3) is 11.3 Å². The average molecular weight is 259 g/mol. The molecule has 0 aliphatic rings. The lowest BCUT2D eigenvalue weighted by Gasteiger charge is -2.11. The zero-order valence-electron chi connectivity index (χ0n) is 11.8. The van der Waals surface area contributed by atoms with E-state index in [9.17, 15) is 0 Å². The summed E-state index contributed by atoms with van der Waals surface area (Å²) in [5.74, 6) is 0.818. The SMILES string of the molecule is CCCNCc1cc(-c2ccc(N(C)C)cc2)on1. The molecule has 1 N–H and O–H groups in total. The number of anilines is 1. The van der Waals surface area contributed by atoms with Gasteiger partial charge in [0.2, 0.25) is 0 Å². The van der Waals surface area contributed by atoms with Crippen LogP contribution in [0.2, 0.25) is 0 Å². The molecule has 4 heteroatoms. The molecular weight excluding hydrogens is 238 g/mol. The Balaban J connectivity index is 2.05. The van der Waals surface area contributed by atoms with Crippen molar-refractivity contribution in [3.8, 4) is 11.3 Å². The van der Waals surface area contributed by atoms with E-state index in [1.165, 1.54) is 5.69 Å². The van der Waals surface area contributed by atoms with E-state index in [0.29, 0.717) is 0 Å². The van der Waals surface area contributed by atoms with E-state index < -0.39 is 0 Å². The van der Waals surface area contributed by atoms with Crippen LogP contribution in [-0.4, -0.2) is 25.8 Å². The number of benzene rings is 1. The van der Waals surface area contributed by atoms with Gasteiger partial charge in [-0.25, -0.2) is 0 Å². The van der Waals surface area contributed by atoms with Gasteiger partial charge in [-0.1, -0.05) is 12.1 Å². The average Bonchev–Trinajstić information content (AvgIpc) is 2.88. The minimum atomic E-state index is 0.757. The van der Waals surface area contributed by atoms with Crippen molar-refractivity contribution in [2.75, 3.05) is 25.5 Å². The third kappa shape index (κ3) is 3.58. The van der Waals surface area contributed by atoms with Crippen LogP contribution >= 0.6 is 0 Å². The van der Waals surface area contributed by atoms with Crippen molar-refractivity contribution in [2.24, 2.45) is 0 Å². The second kappa shape index (κ2) is 6.38. The van der Waals surface area contributed by atoms with Crippen molar-refractivity contribution in [1.29, 1.82) is 0 Å². The van der Waals surface area contributed by atoms with Crippen LogP contribution in [0.5, 0.6) is 0 Å².